The minimum Gasteiger partial charge on any atom is -0.475 e. The Kier molecular flexibility index (Phi) is 10.7. The minimum atomic E-state index is -5.08. The summed E-state index contributed by atoms with van der Waals surface area (Å²) in [6.07, 6.45) is 9.96. The van der Waals surface area contributed by atoms with Crippen LogP contribution in [0.2, 0.25) is 0 Å². The maximum Gasteiger partial charge on any atom is 0.490 e. The van der Waals surface area contributed by atoms with Gasteiger partial charge >= 0.3 is 12.1 Å². The van der Waals surface area contributed by atoms with E-state index >= 15 is 0 Å². The predicted octanol–water partition coefficient (Wildman–Crippen LogP) is 4.77. The zero-order chi connectivity index (χ0) is 28.8. The van der Waals surface area contributed by atoms with Gasteiger partial charge in [0.2, 0.25) is 11.8 Å². The minimum absolute atomic E-state index is 0.0211. The van der Waals surface area contributed by atoms with Gasteiger partial charge in [0.15, 0.2) is 5.96 Å². The summed E-state index contributed by atoms with van der Waals surface area (Å²) in [7, 11) is 0. The van der Waals surface area contributed by atoms with Crippen molar-refractivity contribution < 1.29 is 32.7 Å². The van der Waals surface area contributed by atoms with Crippen LogP contribution in [0.3, 0.4) is 0 Å². The van der Waals surface area contributed by atoms with Gasteiger partial charge in [0, 0.05) is 13.0 Å². The Hall–Kier alpha value is -2.33. The average molecular weight is 559 g/mol. The number of rotatable bonds is 8. The number of halogens is 3. The van der Waals surface area contributed by atoms with Gasteiger partial charge in [0.25, 0.3) is 0 Å². The monoisotopic (exact) mass is 558 g/mol. The number of hydrogen-bond acceptors (Lipinski definition) is 4. The molecule has 5 saturated carbocycles. The Balaban J connectivity index is 0.000000532. The van der Waals surface area contributed by atoms with Crippen molar-refractivity contribution in [2.45, 2.75) is 110 Å². The number of carbonyl (C=O) groups is 3. The maximum atomic E-state index is 12.9. The van der Waals surface area contributed by atoms with E-state index in [-0.39, 0.29) is 23.2 Å². The van der Waals surface area contributed by atoms with Gasteiger partial charge in [-0.1, -0.05) is 46.0 Å². The molecule has 0 radical (unpaired) electrons. The van der Waals surface area contributed by atoms with E-state index in [2.05, 4.69) is 29.5 Å². The van der Waals surface area contributed by atoms with Gasteiger partial charge in [-0.25, -0.2) is 9.79 Å². The molecule has 222 valence electrons. The summed E-state index contributed by atoms with van der Waals surface area (Å²) in [4.78, 5) is 39.2. The topological polar surface area (TPSA) is 134 Å². The van der Waals surface area contributed by atoms with Crippen LogP contribution in [0.15, 0.2) is 4.99 Å². The van der Waals surface area contributed by atoms with Crippen molar-refractivity contribution in [1.29, 1.82) is 0 Å². The highest BCUT2D eigenvalue weighted by Gasteiger charge is 2.51. The zero-order valence-corrected chi connectivity index (χ0v) is 23.2. The number of nitrogens with two attached hydrogens (primary N) is 1. The lowest BCUT2D eigenvalue weighted by Gasteiger charge is -2.56. The first-order chi connectivity index (χ1) is 18.2. The quantitative estimate of drug-likeness (QED) is 0.252. The van der Waals surface area contributed by atoms with Gasteiger partial charge in [-0.05, 0) is 80.0 Å². The maximum absolute atomic E-state index is 12.9. The second kappa shape index (κ2) is 13.4. The summed E-state index contributed by atoms with van der Waals surface area (Å²) in [5, 5.41) is 13.0. The SMILES string of the molecule is CC(C)CNC(=O)[C@@H](CC1CCCCC1)N=C(N)NC(=O)CC12CC3CC(CC(C3)C1)C2.O=C(O)C(F)(F)F. The number of carboxylic acids is 1. The number of nitrogens with zero attached hydrogens (tertiary/aromatic N) is 1. The van der Waals surface area contributed by atoms with E-state index in [1.165, 1.54) is 57.8 Å². The molecule has 0 aromatic heterocycles. The number of aliphatic carboxylic acids is 1. The first-order valence-corrected chi connectivity index (χ1v) is 14.5. The highest BCUT2D eigenvalue weighted by atomic mass is 19.4. The molecule has 0 saturated heterocycles. The molecule has 5 rings (SSSR count). The van der Waals surface area contributed by atoms with E-state index < -0.39 is 18.2 Å². The first-order valence-electron chi connectivity index (χ1n) is 14.5. The van der Waals surface area contributed by atoms with E-state index in [1.54, 1.807) is 0 Å². The van der Waals surface area contributed by atoms with Crippen LogP contribution in [0.1, 0.15) is 97.3 Å². The van der Waals surface area contributed by atoms with Crippen LogP contribution < -0.4 is 16.4 Å². The lowest BCUT2D eigenvalue weighted by atomic mass is 9.49. The number of alkyl halides is 3. The molecule has 8 nitrogen and oxygen atoms in total. The molecule has 0 aromatic rings. The molecule has 11 heteroatoms. The normalized spacial score (nSPS) is 29.4. The van der Waals surface area contributed by atoms with Crippen molar-refractivity contribution in [3.63, 3.8) is 0 Å². The molecule has 5 aliphatic carbocycles. The van der Waals surface area contributed by atoms with Crippen molar-refractivity contribution in [2.24, 2.45) is 45.7 Å². The van der Waals surface area contributed by atoms with Crippen LogP contribution in [-0.4, -0.2) is 47.6 Å². The first kappa shape index (κ1) is 31.2. The van der Waals surface area contributed by atoms with E-state index in [4.69, 9.17) is 15.6 Å². The summed E-state index contributed by atoms with van der Waals surface area (Å²) in [5.74, 6) is 0.634. The number of hydrogen-bond donors (Lipinski definition) is 4. The third kappa shape index (κ3) is 9.67. The average Bonchev–Trinajstić information content (AvgIpc) is 2.81. The number of carbonyl (C=O) groups excluding carboxylic acids is 2. The summed E-state index contributed by atoms with van der Waals surface area (Å²) >= 11 is 0. The van der Waals surface area contributed by atoms with Crippen LogP contribution in [0.5, 0.6) is 0 Å². The van der Waals surface area contributed by atoms with Crippen LogP contribution in [0.4, 0.5) is 13.2 Å². The lowest BCUT2D eigenvalue weighted by molar-refractivity contribution is -0.192. The number of guanidine groups is 1. The Morgan fingerprint density at radius 2 is 1.51 bits per heavy atom. The molecule has 5 N–H and O–H groups in total. The van der Waals surface area contributed by atoms with Gasteiger partial charge in [-0.2, -0.15) is 13.2 Å². The smallest absolute Gasteiger partial charge is 0.475 e. The molecule has 5 fully saturated rings. The Labute approximate surface area is 229 Å². The molecule has 2 amide bonds. The van der Waals surface area contributed by atoms with Crippen molar-refractivity contribution in [3.8, 4) is 0 Å². The lowest BCUT2D eigenvalue weighted by Crippen LogP contribution is -2.49. The molecule has 39 heavy (non-hydrogen) atoms. The Morgan fingerprint density at radius 3 is 1.97 bits per heavy atom. The fourth-order valence-corrected chi connectivity index (χ4v) is 7.61. The van der Waals surface area contributed by atoms with Gasteiger partial charge in [-0.3, -0.25) is 14.9 Å². The molecule has 0 aliphatic heterocycles. The zero-order valence-electron chi connectivity index (χ0n) is 23.2. The fraction of sp³-hybridized carbons (Fsp3) is 0.857. The predicted molar refractivity (Wildman–Crippen MR) is 142 cm³/mol. The van der Waals surface area contributed by atoms with Gasteiger partial charge in [0.05, 0.1) is 0 Å². The highest BCUT2D eigenvalue weighted by Crippen LogP contribution is 2.61. The molecular weight excluding hydrogens is 513 g/mol. The van der Waals surface area contributed by atoms with E-state index in [0.29, 0.717) is 24.8 Å². The second-order valence-electron chi connectivity index (χ2n) is 12.9. The summed E-state index contributed by atoms with van der Waals surface area (Å²) in [6.45, 7) is 4.80. The molecule has 5 aliphatic rings. The molecule has 0 aromatic carbocycles. The van der Waals surface area contributed by atoms with Gasteiger partial charge in [0.1, 0.15) is 6.04 Å². The number of carboxylic acid groups (broad SMARTS) is 1. The van der Waals surface area contributed by atoms with Gasteiger partial charge < -0.3 is 16.2 Å². The molecule has 4 bridgehead atoms. The van der Waals surface area contributed by atoms with E-state index in [9.17, 15) is 22.8 Å². The standard InChI is InChI=1S/C26H44N4O2.C2HF3O2/c1-17(2)16-28-24(32)22(11-18-6-4-3-5-7-18)29-25(27)30-23(31)15-26-12-19-8-20(13-26)10-21(9-19)14-26;3-2(4,5)1(6)7/h17-22H,3-16H2,1-2H3,(H,28,32)(H3,27,29,30,31);(H,6,7)/t19?,20?,21?,22-,26?;/m1./s1. The Morgan fingerprint density at radius 1 is 1.00 bits per heavy atom. The van der Waals surface area contributed by atoms with Crippen LogP contribution in [-0.2, 0) is 14.4 Å². The summed E-state index contributed by atoms with van der Waals surface area (Å²) < 4.78 is 31.7. The van der Waals surface area contributed by atoms with E-state index in [1.807, 2.05) is 0 Å². The van der Waals surface area contributed by atoms with Crippen LogP contribution in [0.25, 0.3) is 0 Å². The molecule has 0 spiro atoms. The Bertz CT molecular complexity index is 864. The van der Waals surface area contributed by atoms with Crippen molar-refractivity contribution in [2.75, 3.05) is 6.54 Å². The fourth-order valence-electron chi connectivity index (χ4n) is 7.61. The van der Waals surface area contributed by atoms with Crippen molar-refractivity contribution in [3.05, 3.63) is 0 Å². The number of amides is 2. The second-order valence-corrected chi connectivity index (χ2v) is 12.9. The molecule has 1 atom stereocenters. The summed E-state index contributed by atoms with van der Waals surface area (Å²) in [5.41, 5.74) is 6.36. The van der Waals surface area contributed by atoms with Gasteiger partial charge in [-0.15, -0.1) is 0 Å². The highest BCUT2D eigenvalue weighted by molar-refractivity contribution is 5.97. The van der Waals surface area contributed by atoms with Crippen LogP contribution >= 0.6 is 0 Å². The number of nitrogens with one attached hydrogen (secondary N) is 2. The molecule has 0 unspecified atom stereocenters. The van der Waals surface area contributed by atoms with Crippen LogP contribution in [0, 0.1) is 35.0 Å². The largest absolute Gasteiger partial charge is 0.490 e. The molecular formula is C28H45F3N4O4. The third-order valence-electron chi connectivity index (χ3n) is 8.77. The third-order valence-corrected chi connectivity index (χ3v) is 8.77. The van der Waals surface area contributed by atoms with Crippen molar-refractivity contribution >= 4 is 23.7 Å². The number of aliphatic imine (C=N–C) groups is 1. The van der Waals surface area contributed by atoms with E-state index in [0.717, 1.165) is 37.0 Å². The van der Waals surface area contributed by atoms with Crippen molar-refractivity contribution in [1.82, 2.24) is 10.6 Å². The molecule has 0 heterocycles. The summed E-state index contributed by atoms with van der Waals surface area (Å²) in [6, 6.07) is -0.517.